The lowest BCUT2D eigenvalue weighted by atomic mass is 10.2. The Bertz CT molecular complexity index is 585. The highest BCUT2D eigenvalue weighted by Gasteiger charge is 2.24. The Morgan fingerprint density at radius 1 is 1.33 bits per heavy atom. The zero-order valence-electron chi connectivity index (χ0n) is 12.6. The molecule has 0 aromatic heterocycles. The predicted molar refractivity (Wildman–Crippen MR) is 81.0 cm³/mol. The van der Waals surface area contributed by atoms with Crippen LogP contribution in [0.5, 0.6) is 0 Å². The fraction of sp³-hybridized carbons (Fsp3) is 0.600. The van der Waals surface area contributed by atoms with E-state index in [1.807, 2.05) is 13.8 Å². The first-order valence-corrected chi connectivity index (χ1v) is 8.95. The molecular weight excluding hydrogens is 291 g/mol. The SMILES string of the molecule is CCCN(CC)S(=O)(=O)c1ccc(F)c(CNC2CC2)c1. The van der Waals surface area contributed by atoms with Gasteiger partial charge in [0, 0.05) is 31.2 Å². The van der Waals surface area contributed by atoms with Gasteiger partial charge in [-0.25, -0.2) is 12.8 Å². The molecule has 0 saturated heterocycles. The smallest absolute Gasteiger partial charge is 0.243 e. The van der Waals surface area contributed by atoms with Crippen molar-refractivity contribution < 1.29 is 12.8 Å². The third kappa shape index (κ3) is 4.02. The van der Waals surface area contributed by atoms with E-state index in [-0.39, 0.29) is 10.7 Å². The Balaban J connectivity index is 2.23. The predicted octanol–water partition coefficient (Wildman–Crippen LogP) is 2.50. The zero-order chi connectivity index (χ0) is 15.5. The van der Waals surface area contributed by atoms with Gasteiger partial charge in [-0.1, -0.05) is 13.8 Å². The Morgan fingerprint density at radius 2 is 2.05 bits per heavy atom. The van der Waals surface area contributed by atoms with Gasteiger partial charge in [0.2, 0.25) is 10.0 Å². The summed E-state index contributed by atoms with van der Waals surface area (Å²) in [5.74, 6) is -0.361. The quantitative estimate of drug-likeness (QED) is 0.802. The van der Waals surface area contributed by atoms with Crippen LogP contribution < -0.4 is 5.32 Å². The van der Waals surface area contributed by atoms with Crippen molar-refractivity contribution in [2.45, 2.75) is 50.6 Å². The Morgan fingerprint density at radius 3 is 2.62 bits per heavy atom. The number of hydrogen-bond acceptors (Lipinski definition) is 3. The second-order valence-electron chi connectivity index (χ2n) is 5.41. The highest BCUT2D eigenvalue weighted by Crippen LogP contribution is 2.22. The number of hydrogen-bond donors (Lipinski definition) is 1. The summed E-state index contributed by atoms with van der Waals surface area (Å²) >= 11 is 0. The lowest BCUT2D eigenvalue weighted by Crippen LogP contribution is -2.31. The van der Waals surface area contributed by atoms with Gasteiger partial charge in [0.1, 0.15) is 5.82 Å². The third-order valence-electron chi connectivity index (χ3n) is 3.64. The van der Waals surface area contributed by atoms with Crippen LogP contribution in [-0.4, -0.2) is 31.9 Å². The highest BCUT2D eigenvalue weighted by atomic mass is 32.2. The van der Waals surface area contributed by atoms with E-state index >= 15 is 0 Å². The van der Waals surface area contributed by atoms with E-state index in [1.165, 1.54) is 22.5 Å². The lowest BCUT2D eigenvalue weighted by molar-refractivity contribution is 0.427. The first kappa shape index (κ1) is 16.4. The van der Waals surface area contributed by atoms with Gasteiger partial charge in [-0.05, 0) is 37.5 Å². The van der Waals surface area contributed by atoms with Crippen molar-refractivity contribution >= 4 is 10.0 Å². The molecule has 0 bridgehead atoms. The first-order valence-electron chi connectivity index (χ1n) is 7.51. The molecule has 6 heteroatoms. The monoisotopic (exact) mass is 314 g/mol. The molecule has 1 aromatic carbocycles. The molecule has 0 aliphatic heterocycles. The number of nitrogens with zero attached hydrogens (tertiary/aromatic N) is 1. The summed E-state index contributed by atoms with van der Waals surface area (Å²) in [5, 5.41) is 3.21. The average molecular weight is 314 g/mol. The first-order chi connectivity index (χ1) is 9.98. The van der Waals surface area contributed by atoms with Crippen LogP contribution in [-0.2, 0) is 16.6 Å². The van der Waals surface area contributed by atoms with Gasteiger partial charge < -0.3 is 5.32 Å². The van der Waals surface area contributed by atoms with Crippen LogP contribution in [0.3, 0.4) is 0 Å². The molecule has 0 radical (unpaired) electrons. The van der Waals surface area contributed by atoms with Crippen LogP contribution in [0, 0.1) is 5.82 Å². The molecule has 1 aliphatic rings. The van der Waals surface area contributed by atoms with E-state index in [1.54, 1.807) is 0 Å². The molecule has 0 unspecified atom stereocenters. The summed E-state index contributed by atoms with van der Waals surface area (Å²) in [6.07, 6.45) is 2.98. The van der Waals surface area contributed by atoms with Gasteiger partial charge >= 0.3 is 0 Å². The molecule has 1 fully saturated rings. The highest BCUT2D eigenvalue weighted by molar-refractivity contribution is 7.89. The molecule has 118 valence electrons. The van der Waals surface area contributed by atoms with E-state index in [9.17, 15) is 12.8 Å². The summed E-state index contributed by atoms with van der Waals surface area (Å²) in [6, 6.07) is 4.51. The molecule has 1 aliphatic carbocycles. The van der Waals surface area contributed by atoms with Gasteiger partial charge in [-0.3, -0.25) is 0 Å². The van der Waals surface area contributed by atoms with Crippen molar-refractivity contribution in [2.24, 2.45) is 0 Å². The van der Waals surface area contributed by atoms with Gasteiger partial charge in [-0.15, -0.1) is 0 Å². The molecule has 1 saturated carbocycles. The van der Waals surface area contributed by atoms with E-state index in [0.29, 0.717) is 31.2 Å². The van der Waals surface area contributed by atoms with Crippen LogP contribution in [0.2, 0.25) is 0 Å². The molecule has 1 aromatic rings. The van der Waals surface area contributed by atoms with Crippen molar-refractivity contribution in [3.8, 4) is 0 Å². The van der Waals surface area contributed by atoms with Crippen LogP contribution in [0.1, 0.15) is 38.7 Å². The molecule has 0 heterocycles. The van der Waals surface area contributed by atoms with Crippen LogP contribution in [0.25, 0.3) is 0 Å². The van der Waals surface area contributed by atoms with Crippen molar-refractivity contribution in [3.05, 3.63) is 29.6 Å². The normalized spacial score (nSPS) is 15.6. The molecule has 0 spiro atoms. The molecule has 0 atom stereocenters. The summed E-state index contributed by atoms with van der Waals surface area (Å²) in [6.45, 7) is 5.02. The maximum atomic E-state index is 13.8. The lowest BCUT2D eigenvalue weighted by Gasteiger charge is -2.20. The zero-order valence-corrected chi connectivity index (χ0v) is 13.4. The maximum absolute atomic E-state index is 13.8. The third-order valence-corrected chi connectivity index (χ3v) is 5.61. The maximum Gasteiger partial charge on any atom is 0.243 e. The number of nitrogens with one attached hydrogen (secondary N) is 1. The molecular formula is C15H23FN2O2S. The van der Waals surface area contributed by atoms with E-state index in [0.717, 1.165) is 19.3 Å². The van der Waals surface area contributed by atoms with Crippen LogP contribution in [0.4, 0.5) is 4.39 Å². The van der Waals surface area contributed by atoms with Gasteiger partial charge in [0.15, 0.2) is 0 Å². The summed E-state index contributed by atoms with van der Waals surface area (Å²) < 4.78 is 40.3. The summed E-state index contributed by atoms with van der Waals surface area (Å²) in [7, 11) is -3.54. The van der Waals surface area contributed by atoms with Crippen LogP contribution >= 0.6 is 0 Å². The second kappa shape index (κ2) is 6.85. The Hall–Kier alpha value is -0.980. The van der Waals surface area contributed by atoms with Gasteiger partial charge in [-0.2, -0.15) is 4.31 Å². The van der Waals surface area contributed by atoms with Crippen LogP contribution in [0.15, 0.2) is 23.1 Å². The van der Waals surface area contributed by atoms with Crippen molar-refractivity contribution in [1.82, 2.24) is 9.62 Å². The Kier molecular flexibility index (Phi) is 5.35. The molecule has 0 amide bonds. The molecule has 1 N–H and O–H groups in total. The minimum Gasteiger partial charge on any atom is -0.310 e. The molecule has 2 rings (SSSR count). The van der Waals surface area contributed by atoms with E-state index in [4.69, 9.17) is 0 Å². The van der Waals surface area contributed by atoms with E-state index in [2.05, 4.69) is 5.32 Å². The average Bonchev–Trinajstić information content (AvgIpc) is 3.27. The number of halogens is 1. The minimum absolute atomic E-state index is 0.173. The number of sulfonamides is 1. The van der Waals surface area contributed by atoms with Crippen molar-refractivity contribution in [1.29, 1.82) is 0 Å². The molecule has 21 heavy (non-hydrogen) atoms. The van der Waals surface area contributed by atoms with Crippen molar-refractivity contribution in [3.63, 3.8) is 0 Å². The standard InChI is InChI=1S/C15H23FN2O2S/c1-3-9-18(4-2)21(19,20)14-7-8-15(16)12(10-14)11-17-13-5-6-13/h7-8,10,13,17H,3-6,9,11H2,1-2H3. The van der Waals surface area contributed by atoms with Crippen molar-refractivity contribution in [2.75, 3.05) is 13.1 Å². The summed E-state index contributed by atoms with van der Waals surface area (Å²) in [5.41, 5.74) is 0.413. The second-order valence-corrected chi connectivity index (χ2v) is 7.34. The number of rotatable bonds is 8. The minimum atomic E-state index is -3.54. The van der Waals surface area contributed by atoms with Gasteiger partial charge in [0.05, 0.1) is 4.90 Å². The summed E-state index contributed by atoms with van der Waals surface area (Å²) in [4.78, 5) is 0.173. The topological polar surface area (TPSA) is 49.4 Å². The largest absolute Gasteiger partial charge is 0.310 e. The fourth-order valence-corrected chi connectivity index (χ4v) is 3.83. The van der Waals surface area contributed by atoms with Gasteiger partial charge in [0.25, 0.3) is 0 Å². The fourth-order valence-electron chi connectivity index (χ4n) is 2.24. The molecule has 4 nitrogen and oxygen atoms in total. The number of benzene rings is 1. The Labute approximate surface area is 126 Å². The van der Waals surface area contributed by atoms with E-state index < -0.39 is 10.0 Å².